The molecule has 4 heterocycles. The molecule has 4 aliphatic heterocycles. The molecule has 0 aromatic rings. The van der Waals surface area contributed by atoms with E-state index in [1.54, 1.807) is 41.7 Å². The molecular formula is C41H74N2O13. The second-order valence-electron chi connectivity index (χ2n) is 18.1. The van der Waals surface area contributed by atoms with Crippen molar-refractivity contribution in [3.8, 4) is 0 Å². The minimum absolute atomic E-state index is 0.00325. The van der Waals surface area contributed by atoms with E-state index in [0.717, 1.165) is 0 Å². The lowest BCUT2D eigenvalue weighted by Crippen LogP contribution is -2.61. The maximum Gasteiger partial charge on any atom is 0.311 e. The zero-order chi connectivity index (χ0) is 42.2. The van der Waals surface area contributed by atoms with Crippen molar-refractivity contribution in [3.05, 3.63) is 0 Å². The highest BCUT2D eigenvalue weighted by molar-refractivity contribution is 5.76. The number of rotatable bonds is 8. The third-order valence-corrected chi connectivity index (χ3v) is 13.2. The van der Waals surface area contributed by atoms with Crippen molar-refractivity contribution in [2.45, 2.75) is 205 Å². The van der Waals surface area contributed by atoms with Crippen molar-refractivity contribution in [1.29, 1.82) is 0 Å². The Hall–Kier alpha value is -1.66. The van der Waals surface area contributed by atoms with Gasteiger partial charge in [-0.25, -0.2) is 4.99 Å². The van der Waals surface area contributed by atoms with Gasteiger partial charge in [0, 0.05) is 45.6 Å². The van der Waals surface area contributed by atoms with Crippen molar-refractivity contribution >= 4 is 12.0 Å². The van der Waals surface area contributed by atoms with E-state index < -0.39 is 108 Å². The van der Waals surface area contributed by atoms with Gasteiger partial charge in [-0.1, -0.05) is 27.7 Å². The van der Waals surface area contributed by atoms with Gasteiger partial charge in [0.15, 0.2) is 18.7 Å². The fourth-order valence-electron chi connectivity index (χ4n) is 9.44. The summed E-state index contributed by atoms with van der Waals surface area (Å²) in [7, 11) is 5.05. The number of amidine groups is 1. The number of aliphatic hydroxyl groups is 4. The highest BCUT2D eigenvalue weighted by Crippen LogP contribution is 2.43. The van der Waals surface area contributed by atoms with E-state index in [2.05, 4.69) is 0 Å². The summed E-state index contributed by atoms with van der Waals surface area (Å²) in [5.74, 6) is -3.60. The molecule has 0 bridgehead atoms. The molecule has 326 valence electrons. The highest BCUT2D eigenvalue weighted by Gasteiger charge is 2.56. The van der Waals surface area contributed by atoms with Gasteiger partial charge in [0.25, 0.3) is 6.02 Å². The molecule has 56 heavy (non-hydrogen) atoms. The average Bonchev–Trinajstić information content (AvgIpc) is 3.44. The highest BCUT2D eigenvalue weighted by atomic mass is 16.7. The Bertz CT molecular complexity index is 1340. The lowest BCUT2D eigenvalue weighted by molar-refractivity contribution is -0.315. The number of esters is 1. The van der Waals surface area contributed by atoms with Gasteiger partial charge in [-0.2, -0.15) is 0 Å². The molecule has 4 fully saturated rings. The van der Waals surface area contributed by atoms with Crippen LogP contribution in [0.4, 0.5) is 0 Å². The summed E-state index contributed by atoms with van der Waals surface area (Å²) in [5, 5.41) is 46.1. The van der Waals surface area contributed by atoms with Crippen LogP contribution in [0.15, 0.2) is 4.99 Å². The standard InChI is InChI=1S/C41H74N2O13/c1-16-28-41(12,48)33(45)23(6)30(44)21(4)18-40(11,50-15)35(56-37-32-27(17-22(5)51-37)43(13)38(55-32)42-20(2)3)24(7)31(25(8)36(47)53-28)54-29-19-39(10,49-14)34(46)26(9)52-29/h20-35,37,44-46,48H,16-19H2,1-15H3/t21-,22-,23+,24+,25-,26+,27+,28-,29+,30?,31+,32-,33-,34+,35-,37+,39-,40-,41-/m1/s1. The second-order valence-corrected chi connectivity index (χ2v) is 18.1. The fourth-order valence-corrected chi connectivity index (χ4v) is 9.44. The van der Waals surface area contributed by atoms with Crippen LogP contribution in [0, 0.1) is 23.7 Å². The molecule has 15 heteroatoms. The number of carbonyl (C=O) groups excluding carboxylic acids is 1. The molecule has 4 saturated heterocycles. The molecule has 0 aromatic carbocycles. The van der Waals surface area contributed by atoms with Crippen LogP contribution in [-0.4, -0.2) is 155 Å². The van der Waals surface area contributed by atoms with E-state index in [1.807, 2.05) is 53.5 Å². The molecule has 1 unspecified atom stereocenters. The van der Waals surface area contributed by atoms with E-state index in [1.165, 1.54) is 14.0 Å². The van der Waals surface area contributed by atoms with Gasteiger partial charge < -0.3 is 63.2 Å². The molecule has 4 N–H and O–H groups in total. The van der Waals surface area contributed by atoms with Gasteiger partial charge in [-0.05, 0) is 80.6 Å². The molecular weight excluding hydrogens is 728 g/mol. The summed E-state index contributed by atoms with van der Waals surface area (Å²) in [6.45, 7) is 21.7. The number of ether oxygens (including phenoxy) is 8. The molecule has 0 spiro atoms. The summed E-state index contributed by atoms with van der Waals surface area (Å²) < 4.78 is 51.5. The third-order valence-electron chi connectivity index (χ3n) is 13.2. The fraction of sp³-hybridized carbons (Fsp3) is 0.951. The summed E-state index contributed by atoms with van der Waals surface area (Å²) in [6, 6.07) is 0.406. The number of carbonyl (C=O) groups is 1. The normalized spacial score (nSPS) is 49.3. The number of likely N-dealkylation sites (N-methyl/N-ethyl adjacent to an activating group) is 1. The zero-order valence-corrected chi connectivity index (χ0v) is 36.5. The molecule has 0 aromatic heterocycles. The van der Waals surface area contributed by atoms with Crippen LogP contribution < -0.4 is 0 Å². The van der Waals surface area contributed by atoms with Gasteiger partial charge in [-0.3, -0.25) is 4.79 Å². The van der Waals surface area contributed by atoms with Crippen LogP contribution in [-0.2, 0) is 42.7 Å². The third kappa shape index (κ3) is 9.53. The average molecular weight is 803 g/mol. The summed E-state index contributed by atoms with van der Waals surface area (Å²) in [6.07, 6.45) is -8.40. The Morgan fingerprint density at radius 2 is 1.52 bits per heavy atom. The predicted octanol–water partition coefficient (Wildman–Crippen LogP) is 3.40. The minimum atomic E-state index is -1.90. The molecule has 0 aliphatic carbocycles. The van der Waals surface area contributed by atoms with Crippen LogP contribution in [0.5, 0.6) is 0 Å². The van der Waals surface area contributed by atoms with E-state index in [9.17, 15) is 25.2 Å². The van der Waals surface area contributed by atoms with Crippen molar-refractivity contribution in [2.75, 3.05) is 21.3 Å². The smallest absolute Gasteiger partial charge is 0.311 e. The van der Waals surface area contributed by atoms with Crippen molar-refractivity contribution < 1.29 is 63.1 Å². The summed E-state index contributed by atoms with van der Waals surface area (Å²) in [4.78, 5) is 21.1. The molecule has 4 aliphatic rings. The number of methoxy groups -OCH3 is 2. The SMILES string of the molecule is CC[C@H]1OC(=O)[C@H](C)[C@@H](O[C@H]2C[C@@](C)(OC)[C@@H](O)[C@H](C)O2)[C@H](C)[C@@H](O[C@@H]2O[C@H](C)C[C@H]3[C@H]2OC(=NC(C)C)N3C)[C@](C)(OC)C[C@@H](C)C(O)[C@H](C)[C@@H](O)[C@]1(C)O. The Morgan fingerprint density at radius 1 is 0.893 bits per heavy atom. The number of aliphatic imine (C=N–C) groups is 1. The number of aliphatic hydroxyl groups excluding tert-OH is 3. The lowest BCUT2D eigenvalue weighted by Gasteiger charge is -2.49. The number of nitrogens with zero attached hydrogens (tertiary/aromatic N) is 2. The Balaban J connectivity index is 1.87. The van der Waals surface area contributed by atoms with Crippen molar-refractivity contribution in [1.82, 2.24) is 4.90 Å². The number of hydrogen-bond donors (Lipinski definition) is 4. The van der Waals surface area contributed by atoms with Crippen molar-refractivity contribution in [3.63, 3.8) is 0 Å². The van der Waals surface area contributed by atoms with Crippen LogP contribution in [0.3, 0.4) is 0 Å². The quantitative estimate of drug-likeness (QED) is 0.262. The second kappa shape index (κ2) is 18.3. The summed E-state index contributed by atoms with van der Waals surface area (Å²) >= 11 is 0. The molecule has 0 radical (unpaired) electrons. The first kappa shape index (κ1) is 47.0. The maximum absolute atomic E-state index is 14.3. The van der Waals surface area contributed by atoms with Crippen LogP contribution in [0.1, 0.15) is 109 Å². The van der Waals surface area contributed by atoms with Crippen LogP contribution >= 0.6 is 0 Å². The first-order valence-electron chi connectivity index (χ1n) is 20.6. The molecule has 19 atom stereocenters. The largest absolute Gasteiger partial charge is 0.459 e. The first-order chi connectivity index (χ1) is 26.0. The van der Waals surface area contributed by atoms with Gasteiger partial charge in [0.05, 0.1) is 59.8 Å². The monoisotopic (exact) mass is 803 g/mol. The number of cyclic esters (lactones) is 1. The van der Waals surface area contributed by atoms with E-state index >= 15 is 0 Å². The van der Waals surface area contributed by atoms with Crippen LogP contribution in [0.2, 0.25) is 0 Å². The van der Waals surface area contributed by atoms with E-state index in [0.29, 0.717) is 12.4 Å². The van der Waals surface area contributed by atoms with Gasteiger partial charge in [-0.15, -0.1) is 0 Å². The van der Waals surface area contributed by atoms with E-state index in [-0.39, 0.29) is 37.5 Å². The first-order valence-corrected chi connectivity index (χ1v) is 20.6. The Labute approximate surface area is 334 Å². The van der Waals surface area contributed by atoms with Gasteiger partial charge in [0.2, 0.25) is 0 Å². The van der Waals surface area contributed by atoms with Gasteiger partial charge >= 0.3 is 5.97 Å². The Morgan fingerprint density at radius 3 is 2.09 bits per heavy atom. The van der Waals surface area contributed by atoms with E-state index in [4.69, 9.17) is 42.9 Å². The topological polar surface area (TPSA) is 187 Å². The number of hydrogen-bond acceptors (Lipinski definition) is 14. The minimum Gasteiger partial charge on any atom is -0.459 e. The van der Waals surface area contributed by atoms with Gasteiger partial charge in [0.1, 0.15) is 17.8 Å². The van der Waals surface area contributed by atoms with Crippen LogP contribution in [0.25, 0.3) is 0 Å². The molecule has 4 rings (SSSR count). The maximum atomic E-state index is 14.3. The van der Waals surface area contributed by atoms with Crippen molar-refractivity contribution in [2.24, 2.45) is 28.7 Å². The predicted molar refractivity (Wildman–Crippen MR) is 208 cm³/mol. The Kier molecular flexibility index (Phi) is 15.4. The zero-order valence-electron chi connectivity index (χ0n) is 36.5. The lowest BCUT2D eigenvalue weighted by atomic mass is 9.73. The number of fused-ring (bicyclic) bond motifs is 1. The molecule has 15 nitrogen and oxygen atoms in total. The molecule has 0 saturated carbocycles. The summed E-state index contributed by atoms with van der Waals surface area (Å²) in [5.41, 5.74) is -4.08. The molecule has 0 amide bonds.